The smallest absolute Gasteiger partial charge is 0.186 e. The lowest BCUT2D eigenvalue weighted by Gasteiger charge is -2.31. The van der Waals surface area contributed by atoms with Crippen LogP contribution >= 0.6 is 12.2 Å². The van der Waals surface area contributed by atoms with Gasteiger partial charge >= 0.3 is 0 Å². The molecular weight excluding hydrogens is 218 g/mol. The molecule has 1 fully saturated rings. The van der Waals surface area contributed by atoms with Gasteiger partial charge in [-0.3, -0.25) is 5.43 Å². The fourth-order valence-corrected chi connectivity index (χ4v) is 2.35. The number of allylic oxidation sites excluding steroid dienone is 2. The molecule has 3 nitrogen and oxygen atoms in total. The lowest BCUT2D eigenvalue weighted by atomic mass is 9.74. The molecular formula is C12H19N3S. The highest BCUT2D eigenvalue weighted by atomic mass is 32.1. The van der Waals surface area contributed by atoms with E-state index in [9.17, 15) is 0 Å². The Bertz CT molecular complexity index is 322. The predicted octanol–water partition coefficient (Wildman–Crippen LogP) is 2.20. The number of nitrogens with zero attached hydrogens (tertiary/aromatic N) is 1. The Hall–Kier alpha value is -0.900. The van der Waals surface area contributed by atoms with E-state index in [0.717, 1.165) is 25.3 Å². The van der Waals surface area contributed by atoms with Gasteiger partial charge in [0.1, 0.15) is 0 Å². The Morgan fingerprint density at radius 2 is 2.50 bits per heavy atom. The van der Waals surface area contributed by atoms with E-state index in [4.69, 9.17) is 12.2 Å². The van der Waals surface area contributed by atoms with Crippen LogP contribution in [-0.4, -0.2) is 17.4 Å². The monoisotopic (exact) mass is 237 g/mol. The normalized spacial score (nSPS) is 28.7. The van der Waals surface area contributed by atoms with E-state index in [0.29, 0.717) is 11.0 Å². The number of hydrogen-bond donors (Lipinski definition) is 2. The van der Waals surface area contributed by atoms with Crippen molar-refractivity contribution < 1.29 is 0 Å². The van der Waals surface area contributed by atoms with Crippen LogP contribution in [0.4, 0.5) is 0 Å². The standard InChI is InChI=1S/C12H19N3S/c1-2-3-7-13-12(16)15-14-11-8-9-5-4-6-10(9)11/h4,6,9-10H,2-3,5,7-8H2,1H3,(H2,13,15,16)/b14-11-/t9-,10-/m1/s1. The highest BCUT2D eigenvalue weighted by molar-refractivity contribution is 7.80. The molecule has 0 radical (unpaired) electrons. The van der Waals surface area contributed by atoms with Crippen LogP contribution in [0, 0.1) is 11.8 Å². The Kier molecular flexibility index (Phi) is 3.93. The van der Waals surface area contributed by atoms with Crippen molar-refractivity contribution in [1.82, 2.24) is 10.7 Å². The van der Waals surface area contributed by atoms with Gasteiger partial charge in [-0.1, -0.05) is 25.5 Å². The van der Waals surface area contributed by atoms with Crippen LogP contribution in [0.5, 0.6) is 0 Å². The van der Waals surface area contributed by atoms with E-state index in [1.54, 1.807) is 0 Å². The maximum Gasteiger partial charge on any atom is 0.186 e. The molecule has 0 amide bonds. The van der Waals surface area contributed by atoms with Gasteiger partial charge < -0.3 is 5.32 Å². The van der Waals surface area contributed by atoms with Crippen molar-refractivity contribution in [2.45, 2.75) is 32.6 Å². The van der Waals surface area contributed by atoms with E-state index in [1.165, 1.54) is 18.6 Å². The highest BCUT2D eigenvalue weighted by Crippen LogP contribution is 2.39. The average molecular weight is 237 g/mol. The average Bonchev–Trinajstić information content (AvgIpc) is 2.61. The molecule has 2 atom stereocenters. The molecule has 0 spiro atoms. The summed E-state index contributed by atoms with van der Waals surface area (Å²) in [6.07, 6.45) is 9.20. The van der Waals surface area contributed by atoms with Gasteiger partial charge in [-0.2, -0.15) is 5.10 Å². The minimum atomic E-state index is 0.589. The van der Waals surface area contributed by atoms with Gasteiger partial charge in [-0.05, 0) is 37.4 Å². The summed E-state index contributed by atoms with van der Waals surface area (Å²) >= 11 is 5.13. The summed E-state index contributed by atoms with van der Waals surface area (Å²) in [5, 5.41) is 8.15. The van der Waals surface area contributed by atoms with Crippen LogP contribution in [-0.2, 0) is 0 Å². The summed E-state index contributed by atoms with van der Waals surface area (Å²) in [5.41, 5.74) is 4.18. The molecule has 0 unspecified atom stereocenters. The Balaban J connectivity index is 1.69. The maximum absolute atomic E-state index is 5.13. The lowest BCUT2D eigenvalue weighted by Crippen LogP contribution is -2.38. The molecule has 0 aliphatic heterocycles. The van der Waals surface area contributed by atoms with Gasteiger partial charge in [-0.25, -0.2) is 0 Å². The first-order chi connectivity index (χ1) is 7.81. The van der Waals surface area contributed by atoms with Crippen LogP contribution < -0.4 is 10.7 Å². The molecule has 0 aromatic heterocycles. The van der Waals surface area contributed by atoms with E-state index in [2.05, 4.69) is 34.9 Å². The molecule has 2 N–H and O–H groups in total. The molecule has 4 heteroatoms. The quantitative estimate of drug-likeness (QED) is 0.341. The van der Waals surface area contributed by atoms with E-state index in [1.807, 2.05) is 0 Å². The summed E-state index contributed by atoms with van der Waals surface area (Å²) in [6, 6.07) is 0. The summed E-state index contributed by atoms with van der Waals surface area (Å²) in [4.78, 5) is 0. The number of rotatable bonds is 4. The zero-order valence-corrected chi connectivity index (χ0v) is 10.5. The third kappa shape index (κ3) is 2.61. The van der Waals surface area contributed by atoms with Crippen molar-refractivity contribution in [3.63, 3.8) is 0 Å². The lowest BCUT2D eigenvalue weighted by molar-refractivity contribution is 0.444. The van der Waals surface area contributed by atoms with Crippen LogP contribution in [0.25, 0.3) is 0 Å². The molecule has 16 heavy (non-hydrogen) atoms. The second kappa shape index (κ2) is 5.43. The molecule has 2 aliphatic carbocycles. The number of hydrazone groups is 1. The van der Waals surface area contributed by atoms with Crippen molar-refractivity contribution in [3.8, 4) is 0 Å². The first-order valence-corrected chi connectivity index (χ1v) is 6.49. The van der Waals surface area contributed by atoms with Crippen LogP contribution in [0.2, 0.25) is 0 Å². The second-order valence-corrected chi connectivity index (χ2v) is 4.89. The minimum absolute atomic E-state index is 0.589. The van der Waals surface area contributed by atoms with Crippen LogP contribution in [0.1, 0.15) is 32.6 Å². The third-order valence-corrected chi connectivity index (χ3v) is 3.50. The summed E-state index contributed by atoms with van der Waals surface area (Å²) in [6.45, 7) is 3.10. The van der Waals surface area contributed by atoms with Crippen molar-refractivity contribution in [2.24, 2.45) is 16.9 Å². The van der Waals surface area contributed by atoms with Crippen molar-refractivity contribution in [3.05, 3.63) is 12.2 Å². The Morgan fingerprint density at radius 1 is 1.62 bits per heavy atom. The number of nitrogens with one attached hydrogen (secondary N) is 2. The zero-order valence-electron chi connectivity index (χ0n) is 9.70. The van der Waals surface area contributed by atoms with Gasteiger partial charge in [0, 0.05) is 18.2 Å². The summed E-state index contributed by atoms with van der Waals surface area (Å²) in [7, 11) is 0. The van der Waals surface area contributed by atoms with Crippen molar-refractivity contribution in [2.75, 3.05) is 6.54 Å². The first-order valence-electron chi connectivity index (χ1n) is 6.08. The highest BCUT2D eigenvalue weighted by Gasteiger charge is 2.37. The van der Waals surface area contributed by atoms with Crippen molar-refractivity contribution >= 4 is 23.0 Å². The molecule has 0 bridgehead atoms. The summed E-state index contributed by atoms with van der Waals surface area (Å²) in [5.74, 6) is 1.41. The zero-order chi connectivity index (χ0) is 11.4. The third-order valence-electron chi connectivity index (χ3n) is 3.26. The van der Waals surface area contributed by atoms with Crippen LogP contribution in [0.3, 0.4) is 0 Å². The molecule has 2 rings (SSSR count). The molecule has 0 aromatic rings. The van der Waals surface area contributed by atoms with E-state index < -0.39 is 0 Å². The Morgan fingerprint density at radius 3 is 3.25 bits per heavy atom. The fourth-order valence-electron chi connectivity index (χ4n) is 2.20. The first kappa shape index (κ1) is 11.6. The van der Waals surface area contributed by atoms with Crippen molar-refractivity contribution in [1.29, 1.82) is 0 Å². The van der Waals surface area contributed by atoms with Crippen LogP contribution in [0.15, 0.2) is 17.3 Å². The molecule has 1 saturated carbocycles. The fraction of sp³-hybridized carbons (Fsp3) is 0.667. The minimum Gasteiger partial charge on any atom is -0.361 e. The number of fused-ring (bicyclic) bond motifs is 1. The SMILES string of the molecule is CCCCNC(=S)N/N=C1/C[C@H]2CC=C[C@@H]12. The number of thiocarbonyl (C=S) groups is 1. The summed E-state index contributed by atoms with van der Waals surface area (Å²) < 4.78 is 0. The van der Waals surface area contributed by atoms with Gasteiger partial charge in [-0.15, -0.1) is 0 Å². The van der Waals surface area contributed by atoms with Gasteiger partial charge in [0.15, 0.2) is 5.11 Å². The number of hydrogen-bond acceptors (Lipinski definition) is 2. The molecule has 88 valence electrons. The van der Waals surface area contributed by atoms with Gasteiger partial charge in [0.05, 0.1) is 0 Å². The van der Waals surface area contributed by atoms with Gasteiger partial charge in [0.2, 0.25) is 0 Å². The second-order valence-electron chi connectivity index (χ2n) is 4.48. The maximum atomic E-state index is 5.13. The molecule has 0 heterocycles. The van der Waals surface area contributed by atoms with Gasteiger partial charge in [0.25, 0.3) is 0 Å². The predicted molar refractivity (Wildman–Crippen MR) is 71.4 cm³/mol. The van der Waals surface area contributed by atoms with E-state index in [-0.39, 0.29) is 0 Å². The topological polar surface area (TPSA) is 36.4 Å². The van der Waals surface area contributed by atoms with E-state index >= 15 is 0 Å². The molecule has 2 aliphatic rings. The molecule has 0 saturated heterocycles. The number of unbranched alkanes of at least 4 members (excludes halogenated alkanes) is 1. The molecule has 0 aromatic carbocycles. The largest absolute Gasteiger partial charge is 0.361 e. The Labute approximate surface area is 102 Å².